The van der Waals surface area contributed by atoms with Crippen molar-refractivity contribution in [2.24, 2.45) is 0 Å². The third-order valence-electron chi connectivity index (χ3n) is 1.89. The van der Waals surface area contributed by atoms with E-state index >= 15 is 0 Å². The van der Waals surface area contributed by atoms with Crippen molar-refractivity contribution < 1.29 is 10.0 Å². The lowest BCUT2D eigenvalue weighted by Gasteiger charge is -2.04. The molecule has 0 bridgehead atoms. The SMILES string of the molecule is O=[N+]([O-])c1ccc(Cl)c(Nc2nc(O)cs2)c1. The number of nitrogens with zero attached hydrogens (tertiary/aromatic N) is 2. The highest BCUT2D eigenvalue weighted by molar-refractivity contribution is 7.14. The van der Waals surface area contributed by atoms with E-state index < -0.39 is 4.92 Å². The molecule has 0 aliphatic heterocycles. The zero-order valence-corrected chi connectivity index (χ0v) is 9.83. The van der Waals surface area contributed by atoms with E-state index in [4.69, 9.17) is 16.7 Å². The molecule has 0 amide bonds. The van der Waals surface area contributed by atoms with Gasteiger partial charge in [0.05, 0.1) is 21.0 Å². The lowest BCUT2D eigenvalue weighted by Crippen LogP contribution is -1.93. The van der Waals surface area contributed by atoms with Crippen LogP contribution in [0.15, 0.2) is 23.6 Å². The number of anilines is 2. The van der Waals surface area contributed by atoms with Crippen LogP contribution in [0.25, 0.3) is 0 Å². The molecule has 0 atom stereocenters. The smallest absolute Gasteiger partial charge is 0.271 e. The summed E-state index contributed by atoms with van der Waals surface area (Å²) in [6.45, 7) is 0. The van der Waals surface area contributed by atoms with Gasteiger partial charge in [0.15, 0.2) is 5.13 Å². The zero-order valence-electron chi connectivity index (χ0n) is 8.25. The quantitative estimate of drug-likeness (QED) is 0.661. The van der Waals surface area contributed by atoms with Crippen LogP contribution in [0.1, 0.15) is 0 Å². The lowest BCUT2D eigenvalue weighted by molar-refractivity contribution is -0.384. The van der Waals surface area contributed by atoms with Crippen molar-refractivity contribution in [2.75, 3.05) is 5.32 Å². The number of non-ortho nitro benzene ring substituents is 1. The van der Waals surface area contributed by atoms with Crippen LogP contribution in [-0.4, -0.2) is 15.0 Å². The minimum atomic E-state index is -0.513. The van der Waals surface area contributed by atoms with Gasteiger partial charge in [-0.3, -0.25) is 10.1 Å². The number of nitrogens with one attached hydrogen (secondary N) is 1. The Balaban J connectivity index is 2.31. The monoisotopic (exact) mass is 271 g/mol. The highest BCUT2D eigenvalue weighted by Gasteiger charge is 2.11. The summed E-state index contributed by atoms with van der Waals surface area (Å²) in [5.74, 6) is -0.112. The Labute approximate surface area is 105 Å². The number of hydrogen-bond acceptors (Lipinski definition) is 6. The Morgan fingerprint density at radius 3 is 2.88 bits per heavy atom. The molecule has 8 heteroatoms. The van der Waals surface area contributed by atoms with Gasteiger partial charge >= 0.3 is 0 Å². The average Bonchev–Trinajstić information content (AvgIpc) is 2.67. The summed E-state index contributed by atoms with van der Waals surface area (Å²) in [7, 11) is 0. The molecule has 1 aromatic heterocycles. The molecular formula is C9H6ClN3O3S. The van der Waals surface area contributed by atoms with E-state index in [0.29, 0.717) is 15.8 Å². The molecule has 0 aliphatic rings. The van der Waals surface area contributed by atoms with Crippen LogP contribution in [0, 0.1) is 10.1 Å². The summed E-state index contributed by atoms with van der Waals surface area (Å²) in [6.07, 6.45) is 0. The Kier molecular flexibility index (Phi) is 3.12. The van der Waals surface area contributed by atoms with Gasteiger partial charge in [0.2, 0.25) is 5.88 Å². The summed E-state index contributed by atoms with van der Waals surface area (Å²) < 4.78 is 0. The average molecular weight is 272 g/mol. The van der Waals surface area contributed by atoms with Crippen LogP contribution < -0.4 is 5.32 Å². The Bertz CT molecular complexity index is 572. The van der Waals surface area contributed by atoms with E-state index in [1.54, 1.807) is 0 Å². The second kappa shape index (κ2) is 4.56. The van der Waals surface area contributed by atoms with Gasteiger partial charge in [0.25, 0.3) is 5.69 Å². The second-order valence-electron chi connectivity index (χ2n) is 3.06. The van der Waals surface area contributed by atoms with Gasteiger partial charge in [-0.1, -0.05) is 11.6 Å². The van der Waals surface area contributed by atoms with Crippen molar-refractivity contribution in [3.8, 4) is 5.88 Å². The van der Waals surface area contributed by atoms with Gasteiger partial charge in [-0.25, -0.2) is 0 Å². The van der Waals surface area contributed by atoms with E-state index in [-0.39, 0.29) is 11.6 Å². The minimum Gasteiger partial charge on any atom is -0.493 e. The first-order valence-corrected chi connectivity index (χ1v) is 5.67. The van der Waals surface area contributed by atoms with E-state index in [2.05, 4.69) is 10.3 Å². The van der Waals surface area contributed by atoms with E-state index in [1.165, 1.54) is 34.9 Å². The van der Waals surface area contributed by atoms with Crippen molar-refractivity contribution in [1.82, 2.24) is 4.98 Å². The number of aromatic nitrogens is 1. The predicted octanol–water partition coefficient (Wildman–Crippen LogP) is 3.15. The molecule has 0 aliphatic carbocycles. The molecule has 0 saturated heterocycles. The fourth-order valence-corrected chi connectivity index (χ4v) is 1.91. The maximum Gasteiger partial charge on any atom is 0.271 e. The Morgan fingerprint density at radius 1 is 1.53 bits per heavy atom. The molecule has 0 radical (unpaired) electrons. The topological polar surface area (TPSA) is 88.3 Å². The van der Waals surface area contributed by atoms with Crippen LogP contribution in [0.2, 0.25) is 5.02 Å². The molecule has 0 unspecified atom stereocenters. The summed E-state index contributed by atoms with van der Waals surface area (Å²) in [5, 5.41) is 24.6. The molecule has 88 valence electrons. The number of benzene rings is 1. The molecule has 2 N–H and O–H groups in total. The molecule has 17 heavy (non-hydrogen) atoms. The Hall–Kier alpha value is -1.86. The van der Waals surface area contributed by atoms with Crippen LogP contribution >= 0.6 is 22.9 Å². The lowest BCUT2D eigenvalue weighted by atomic mass is 10.3. The van der Waals surface area contributed by atoms with E-state index in [9.17, 15) is 10.1 Å². The first-order chi connectivity index (χ1) is 8.06. The predicted molar refractivity (Wildman–Crippen MR) is 65.2 cm³/mol. The molecule has 0 spiro atoms. The largest absolute Gasteiger partial charge is 0.493 e. The first-order valence-electron chi connectivity index (χ1n) is 4.42. The van der Waals surface area contributed by atoms with Crippen molar-refractivity contribution in [3.63, 3.8) is 0 Å². The molecular weight excluding hydrogens is 266 g/mol. The van der Waals surface area contributed by atoms with E-state index in [1.807, 2.05) is 0 Å². The van der Waals surface area contributed by atoms with Crippen molar-refractivity contribution in [2.45, 2.75) is 0 Å². The van der Waals surface area contributed by atoms with Gasteiger partial charge in [0, 0.05) is 12.1 Å². The number of thiazole rings is 1. The molecule has 1 heterocycles. The first kappa shape index (κ1) is 11.6. The third kappa shape index (κ3) is 2.63. The standard InChI is InChI=1S/C9H6ClN3O3S/c10-6-2-1-5(13(15)16)3-7(6)11-9-12-8(14)4-17-9/h1-4,14H,(H,11,12). The summed E-state index contributed by atoms with van der Waals surface area (Å²) in [4.78, 5) is 13.8. The molecule has 2 aromatic rings. The molecule has 2 rings (SSSR count). The van der Waals surface area contributed by atoms with E-state index in [0.717, 1.165) is 0 Å². The van der Waals surface area contributed by atoms with Crippen molar-refractivity contribution >= 4 is 39.4 Å². The van der Waals surface area contributed by atoms with Crippen molar-refractivity contribution in [1.29, 1.82) is 0 Å². The minimum absolute atomic E-state index is 0.0716. The number of nitro groups is 1. The zero-order chi connectivity index (χ0) is 12.4. The van der Waals surface area contributed by atoms with Gasteiger partial charge in [-0.15, -0.1) is 11.3 Å². The molecule has 0 saturated carbocycles. The summed E-state index contributed by atoms with van der Waals surface area (Å²) >= 11 is 7.05. The highest BCUT2D eigenvalue weighted by Crippen LogP contribution is 2.31. The van der Waals surface area contributed by atoms with Gasteiger partial charge in [-0.2, -0.15) is 4.98 Å². The number of halogens is 1. The molecule has 6 nitrogen and oxygen atoms in total. The number of hydrogen-bond donors (Lipinski definition) is 2. The number of nitro benzene ring substituents is 1. The van der Waals surface area contributed by atoms with Crippen LogP contribution in [0.5, 0.6) is 5.88 Å². The van der Waals surface area contributed by atoms with Crippen molar-refractivity contribution in [3.05, 3.63) is 38.7 Å². The van der Waals surface area contributed by atoms with Crippen LogP contribution in [0.4, 0.5) is 16.5 Å². The van der Waals surface area contributed by atoms with Gasteiger partial charge in [-0.05, 0) is 6.07 Å². The van der Waals surface area contributed by atoms with Gasteiger partial charge < -0.3 is 10.4 Å². The normalized spacial score (nSPS) is 10.2. The highest BCUT2D eigenvalue weighted by atomic mass is 35.5. The fourth-order valence-electron chi connectivity index (χ4n) is 1.16. The maximum atomic E-state index is 10.6. The molecule has 0 fully saturated rings. The van der Waals surface area contributed by atoms with Crippen LogP contribution in [0.3, 0.4) is 0 Å². The van der Waals surface area contributed by atoms with Gasteiger partial charge in [0.1, 0.15) is 0 Å². The summed E-state index contributed by atoms with van der Waals surface area (Å²) in [5.41, 5.74) is 0.299. The number of aromatic hydroxyl groups is 1. The van der Waals surface area contributed by atoms with Crippen LogP contribution in [-0.2, 0) is 0 Å². The summed E-state index contributed by atoms with van der Waals surface area (Å²) in [6, 6.07) is 4.04. The maximum absolute atomic E-state index is 10.6. The number of rotatable bonds is 3. The molecule has 1 aromatic carbocycles. The second-order valence-corrected chi connectivity index (χ2v) is 4.32. The third-order valence-corrected chi connectivity index (χ3v) is 2.97. The fraction of sp³-hybridized carbons (Fsp3) is 0. The Morgan fingerprint density at radius 2 is 2.29 bits per heavy atom.